The van der Waals surface area contributed by atoms with E-state index in [0.717, 1.165) is 19.5 Å². The Morgan fingerprint density at radius 3 is 2.61 bits per heavy atom. The normalized spacial score (nSPS) is 13.2. The molecule has 2 nitrogen and oxygen atoms in total. The Kier molecular flexibility index (Phi) is 4.83. The molecular formula is C12H14BrClN2S2. The van der Waals surface area contributed by atoms with Gasteiger partial charge in [-0.2, -0.15) is 0 Å². The number of aromatic nitrogens is 1. The second-order valence-electron chi connectivity index (χ2n) is 4.35. The molecule has 2 heterocycles. The van der Waals surface area contributed by atoms with Crippen LogP contribution in [0.3, 0.4) is 0 Å². The molecule has 0 radical (unpaired) electrons. The molecule has 18 heavy (non-hydrogen) atoms. The van der Waals surface area contributed by atoms with Crippen molar-refractivity contribution in [2.24, 2.45) is 0 Å². The molecule has 0 aliphatic rings. The average Bonchev–Trinajstić information content (AvgIpc) is 2.83. The topological polar surface area (TPSA) is 24.9 Å². The van der Waals surface area contributed by atoms with Gasteiger partial charge in [0.05, 0.1) is 6.04 Å². The summed E-state index contributed by atoms with van der Waals surface area (Å²) in [5, 5.41) is 6.71. The summed E-state index contributed by atoms with van der Waals surface area (Å²) >= 11 is 12.9. The fourth-order valence-electron chi connectivity index (χ4n) is 1.62. The molecule has 98 valence electrons. The van der Waals surface area contributed by atoms with Gasteiger partial charge in [-0.15, -0.1) is 22.7 Å². The highest BCUT2D eigenvalue weighted by Gasteiger charge is 2.21. The number of hydrogen-bond donors (Lipinski definition) is 1. The highest BCUT2D eigenvalue weighted by molar-refractivity contribution is 9.10. The van der Waals surface area contributed by atoms with E-state index in [1.54, 1.807) is 22.7 Å². The highest BCUT2D eigenvalue weighted by atomic mass is 79.9. The maximum absolute atomic E-state index is 6.13. The van der Waals surface area contributed by atoms with Crippen LogP contribution in [0, 0.1) is 6.92 Å². The molecule has 0 fully saturated rings. The lowest BCUT2D eigenvalue weighted by Gasteiger charge is -2.17. The van der Waals surface area contributed by atoms with Crippen molar-refractivity contribution in [2.75, 3.05) is 0 Å². The van der Waals surface area contributed by atoms with Gasteiger partial charge in [-0.3, -0.25) is 0 Å². The van der Waals surface area contributed by atoms with E-state index in [1.165, 1.54) is 4.88 Å². The van der Waals surface area contributed by atoms with Crippen molar-refractivity contribution in [3.8, 4) is 0 Å². The van der Waals surface area contributed by atoms with Gasteiger partial charge in [-0.25, -0.2) is 4.98 Å². The third-order valence-electron chi connectivity index (χ3n) is 2.33. The summed E-state index contributed by atoms with van der Waals surface area (Å²) in [6.07, 6.45) is 0. The zero-order valence-electron chi connectivity index (χ0n) is 10.3. The van der Waals surface area contributed by atoms with E-state index >= 15 is 0 Å². The van der Waals surface area contributed by atoms with Crippen molar-refractivity contribution in [3.63, 3.8) is 0 Å². The summed E-state index contributed by atoms with van der Waals surface area (Å²) in [7, 11) is 0. The van der Waals surface area contributed by atoms with Crippen molar-refractivity contribution in [3.05, 3.63) is 35.8 Å². The first-order valence-electron chi connectivity index (χ1n) is 5.60. The van der Waals surface area contributed by atoms with Crippen molar-refractivity contribution < 1.29 is 0 Å². The fourth-order valence-corrected chi connectivity index (χ4v) is 4.37. The molecule has 0 saturated carbocycles. The molecule has 2 aromatic rings. The molecule has 0 saturated heterocycles. The van der Waals surface area contributed by atoms with Gasteiger partial charge in [0.1, 0.15) is 9.34 Å². The first-order valence-corrected chi connectivity index (χ1v) is 8.47. The number of aryl methyl sites for hydroxylation is 1. The molecule has 2 aromatic heterocycles. The maximum Gasteiger partial charge on any atom is 0.115 e. The molecule has 0 aliphatic heterocycles. The molecule has 0 spiro atoms. The van der Waals surface area contributed by atoms with E-state index in [0.29, 0.717) is 6.04 Å². The van der Waals surface area contributed by atoms with E-state index in [4.69, 9.17) is 11.6 Å². The minimum absolute atomic E-state index is 0.123. The summed E-state index contributed by atoms with van der Waals surface area (Å²) in [5.41, 5.74) is 1.06. The van der Waals surface area contributed by atoms with Gasteiger partial charge in [0.25, 0.3) is 0 Å². The molecule has 0 aliphatic carbocycles. The highest BCUT2D eigenvalue weighted by Crippen LogP contribution is 2.38. The van der Waals surface area contributed by atoms with Crippen LogP contribution in [-0.4, -0.2) is 11.0 Å². The molecule has 0 bridgehead atoms. The standard InChI is InChI=1S/C12H14BrClN2S2/c1-6(2)15-10(12-16-7(3)5-17-12)9-4-8(13)11(14)18-9/h4-6,10,15H,1-3H3. The van der Waals surface area contributed by atoms with E-state index in [-0.39, 0.29) is 6.04 Å². The van der Waals surface area contributed by atoms with Crippen LogP contribution in [-0.2, 0) is 0 Å². The fraction of sp³-hybridized carbons (Fsp3) is 0.417. The van der Waals surface area contributed by atoms with E-state index in [9.17, 15) is 0 Å². The minimum atomic E-state index is 0.123. The van der Waals surface area contributed by atoms with Gasteiger partial charge >= 0.3 is 0 Å². The van der Waals surface area contributed by atoms with Crippen LogP contribution < -0.4 is 5.32 Å². The van der Waals surface area contributed by atoms with Crippen LogP contribution in [0.1, 0.15) is 35.5 Å². The Balaban J connectivity index is 2.36. The molecule has 2 rings (SSSR count). The van der Waals surface area contributed by atoms with Crippen molar-refractivity contribution in [1.82, 2.24) is 10.3 Å². The molecular weight excluding hydrogens is 352 g/mol. The Morgan fingerprint density at radius 2 is 2.17 bits per heavy atom. The van der Waals surface area contributed by atoms with Gasteiger partial charge in [0.2, 0.25) is 0 Å². The number of thiophene rings is 1. The molecule has 0 aromatic carbocycles. The predicted octanol–water partition coefficient (Wildman–Crippen LogP) is 5.02. The number of rotatable bonds is 4. The van der Waals surface area contributed by atoms with Crippen molar-refractivity contribution >= 4 is 50.2 Å². The Morgan fingerprint density at radius 1 is 1.44 bits per heavy atom. The largest absolute Gasteiger partial charge is 0.301 e. The summed E-state index contributed by atoms with van der Waals surface area (Å²) in [5.74, 6) is 0. The van der Waals surface area contributed by atoms with Crippen LogP contribution in [0.25, 0.3) is 0 Å². The molecule has 1 atom stereocenters. The molecule has 1 N–H and O–H groups in total. The lowest BCUT2D eigenvalue weighted by molar-refractivity contribution is 0.532. The van der Waals surface area contributed by atoms with Crippen LogP contribution in [0.5, 0.6) is 0 Å². The number of hydrogen-bond acceptors (Lipinski definition) is 4. The third-order valence-corrected chi connectivity index (χ3v) is 5.90. The Labute approximate surface area is 129 Å². The third kappa shape index (κ3) is 3.33. The second-order valence-corrected chi connectivity index (χ2v) is 7.78. The zero-order chi connectivity index (χ0) is 13.3. The monoisotopic (exact) mass is 364 g/mol. The number of thiazole rings is 1. The lowest BCUT2D eigenvalue weighted by Crippen LogP contribution is -2.28. The average molecular weight is 366 g/mol. The predicted molar refractivity (Wildman–Crippen MR) is 84.0 cm³/mol. The van der Waals surface area contributed by atoms with E-state index in [1.807, 2.05) is 6.92 Å². The first kappa shape index (κ1) is 14.5. The van der Waals surface area contributed by atoms with Crippen LogP contribution >= 0.6 is 50.2 Å². The first-order chi connectivity index (χ1) is 8.47. The van der Waals surface area contributed by atoms with Crippen molar-refractivity contribution in [2.45, 2.75) is 32.9 Å². The van der Waals surface area contributed by atoms with E-state index < -0.39 is 0 Å². The maximum atomic E-state index is 6.13. The quantitative estimate of drug-likeness (QED) is 0.823. The number of nitrogens with zero attached hydrogens (tertiary/aromatic N) is 1. The number of halogens is 2. The van der Waals surface area contributed by atoms with Gasteiger partial charge in [0.15, 0.2) is 0 Å². The SMILES string of the molecule is Cc1csc(C(NC(C)C)c2cc(Br)c(Cl)s2)n1. The Bertz CT molecular complexity index is 516. The summed E-state index contributed by atoms with van der Waals surface area (Å²) in [6, 6.07) is 2.58. The second kappa shape index (κ2) is 6.01. The van der Waals surface area contributed by atoms with Gasteiger partial charge in [-0.05, 0) is 42.8 Å². The van der Waals surface area contributed by atoms with Crippen molar-refractivity contribution in [1.29, 1.82) is 0 Å². The smallest absolute Gasteiger partial charge is 0.115 e. The zero-order valence-corrected chi connectivity index (χ0v) is 14.3. The van der Waals surface area contributed by atoms with Gasteiger partial charge < -0.3 is 5.32 Å². The summed E-state index contributed by atoms with van der Waals surface area (Å²) in [4.78, 5) is 5.77. The lowest BCUT2D eigenvalue weighted by atomic mass is 10.2. The summed E-state index contributed by atoms with van der Waals surface area (Å²) in [6.45, 7) is 6.29. The van der Waals surface area contributed by atoms with Crippen LogP contribution in [0.2, 0.25) is 4.34 Å². The molecule has 0 amide bonds. The number of nitrogens with one attached hydrogen (secondary N) is 1. The van der Waals surface area contributed by atoms with E-state index in [2.05, 4.69) is 51.5 Å². The van der Waals surface area contributed by atoms with Crippen LogP contribution in [0.15, 0.2) is 15.9 Å². The molecule has 6 heteroatoms. The summed E-state index contributed by atoms with van der Waals surface area (Å²) < 4.78 is 1.74. The Hall–Kier alpha value is 0.0600. The van der Waals surface area contributed by atoms with Gasteiger partial charge in [0, 0.05) is 26.5 Å². The minimum Gasteiger partial charge on any atom is -0.301 e. The molecule has 1 unspecified atom stereocenters. The van der Waals surface area contributed by atoms with Gasteiger partial charge in [-0.1, -0.05) is 11.6 Å². The van der Waals surface area contributed by atoms with Crippen LogP contribution in [0.4, 0.5) is 0 Å².